The molecule has 9 heteroatoms. The molecule has 0 aromatic carbocycles. The van der Waals surface area contributed by atoms with E-state index in [9.17, 15) is 9.59 Å². The Morgan fingerprint density at radius 3 is 2.58 bits per heavy atom. The first-order chi connectivity index (χ1) is 12.4. The number of fused-ring (bicyclic) bond motifs is 3. The highest BCUT2D eigenvalue weighted by molar-refractivity contribution is 6.20. The van der Waals surface area contributed by atoms with Crippen LogP contribution in [-0.2, 0) is 16.6 Å². The first kappa shape index (κ1) is 17.2. The van der Waals surface area contributed by atoms with Gasteiger partial charge in [-0.3, -0.25) is 19.5 Å². The van der Waals surface area contributed by atoms with Gasteiger partial charge in [-0.25, -0.2) is 13.9 Å². The lowest BCUT2D eigenvalue weighted by molar-refractivity contribution is -0.663. The molecule has 2 saturated heterocycles. The summed E-state index contributed by atoms with van der Waals surface area (Å²) < 4.78 is 9.26. The number of morpholine rings is 1. The fraction of sp³-hybridized carbons (Fsp3) is 0.647. The van der Waals surface area contributed by atoms with Crippen molar-refractivity contribution >= 4 is 23.7 Å². The molecule has 4 heterocycles. The number of amides is 3. The summed E-state index contributed by atoms with van der Waals surface area (Å²) >= 11 is 0. The molecule has 0 aliphatic carbocycles. The van der Waals surface area contributed by atoms with Gasteiger partial charge in [0.25, 0.3) is 5.91 Å². The summed E-state index contributed by atoms with van der Waals surface area (Å²) in [6.07, 6.45) is 0. The van der Waals surface area contributed by atoms with E-state index >= 15 is 0 Å². The van der Waals surface area contributed by atoms with Gasteiger partial charge in [0.2, 0.25) is 11.9 Å². The van der Waals surface area contributed by atoms with Gasteiger partial charge in [-0.2, -0.15) is 0 Å². The van der Waals surface area contributed by atoms with Gasteiger partial charge in [0, 0.05) is 33.2 Å². The molecule has 0 radical (unpaired) electrons. The standard InChI is InChI=1S/C17H25N6O3/c1-11-12(2)23-13-14(18-16(23)19(11)3)20(4)17(25)22(15(13)24)6-5-21-7-9-26-10-8-21/h13H,5-10H2,1-4H3/q+1. The lowest BCUT2D eigenvalue weighted by atomic mass is 10.1. The van der Waals surface area contributed by atoms with Gasteiger partial charge in [-0.15, -0.1) is 0 Å². The maximum atomic E-state index is 13.2. The Balaban J connectivity index is 1.61. The molecule has 3 aliphatic rings. The molecule has 0 spiro atoms. The molecule has 1 unspecified atom stereocenters. The second kappa shape index (κ2) is 6.17. The summed E-state index contributed by atoms with van der Waals surface area (Å²) in [4.78, 5) is 35.6. The summed E-state index contributed by atoms with van der Waals surface area (Å²) in [5, 5.41) is 0. The second-order valence-electron chi connectivity index (χ2n) is 7.06. The van der Waals surface area contributed by atoms with Crippen molar-refractivity contribution < 1.29 is 18.9 Å². The van der Waals surface area contributed by atoms with Crippen molar-refractivity contribution in [3.63, 3.8) is 0 Å². The summed E-state index contributed by atoms with van der Waals surface area (Å²) in [6, 6.07) is -0.863. The summed E-state index contributed by atoms with van der Waals surface area (Å²) in [7, 11) is 3.62. The van der Waals surface area contributed by atoms with Crippen LogP contribution in [0.15, 0.2) is 4.99 Å². The van der Waals surface area contributed by atoms with E-state index in [2.05, 4.69) is 9.89 Å². The molecule has 140 valence electrons. The number of imidazole rings is 1. The molecule has 0 saturated carbocycles. The van der Waals surface area contributed by atoms with Gasteiger partial charge in [-0.1, -0.05) is 4.99 Å². The predicted molar refractivity (Wildman–Crippen MR) is 93.3 cm³/mol. The summed E-state index contributed by atoms with van der Waals surface area (Å²) in [5.41, 5.74) is 2.06. The van der Waals surface area contributed by atoms with Crippen LogP contribution in [0.25, 0.3) is 0 Å². The molecular weight excluding hydrogens is 336 g/mol. The smallest absolute Gasteiger partial charge is 0.379 e. The van der Waals surface area contributed by atoms with E-state index in [1.165, 1.54) is 9.80 Å². The lowest BCUT2D eigenvalue weighted by Crippen LogP contribution is -2.59. The molecule has 4 rings (SSSR count). The topological polar surface area (TPSA) is 74.3 Å². The fourth-order valence-corrected chi connectivity index (χ4v) is 3.87. The Kier molecular flexibility index (Phi) is 4.07. The molecule has 3 aliphatic heterocycles. The first-order valence-corrected chi connectivity index (χ1v) is 8.97. The third-order valence-corrected chi connectivity index (χ3v) is 5.73. The number of amidine groups is 1. The zero-order chi connectivity index (χ0) is 18.6. The zero-order valence-electron chi connectivity index (χ0n) is 15.7. The normalized spacial score (nSPS) is 23.4. The highest BCUT2D eigenvalue weighted by Crippen LogP contribution is 2.34. The minimum absolute atomic E-state index is 0.197. The Labute approximate surface area is 152 Å². The van der Waals surface area contributed by atoms with Gasteiger partial charge in [0.05, 0.1) is 20.3 Å². The van der Waals surface area contributed by atoms with E-state index in [-0.39, 0.29) is 11.9 Å². The number of likely N-dealkylation sites (N-methyl/N-ethyl adjacent to an activating group) is 1. The van der Waals surface area contributed by atoms with Gasteiger partial charge >= 0.3 is 12.0 Å². The number of carbonyl (C=O) groups excluding carboxylic acids is 2. The molecule has 1 aromatic heterocycles. The van der Waals surface area contributed by atoms with Crippen LogP contribution < -0.4 is 4.57 Å². The van der Waals surface area contributed by atoms with Crippen molar-refractivity contribution in [3.8, 4) is 0 Å². The van der Waals surface area contributed by atoms with Crippen LogP contribution in [0.2, 0.25) is 0 Å². The number of nitrogens with zero attached hydrogens (tertiary/aromatic N) is 6. The van der Waals surface area contributed by atoms with Crippen LogP contribution >= 0.6 is 0 Å². The van der Waals surface area contributed by atoms with Gasteiger partial charge in [0.15, 0.2) is 0 Å². The number of hydrogen-bond donors (Lipinski definition) is 0. The van der Waals surface area contributed by atoms with Crippen molar-refractivity contribution in [2.45, 2.75) is 19.9 Å². The average molecular weight is 361 g/mol. The Bertz CT molecular complexity index is 808. The molecule has 0 bridgehead atoms. The summed E-state index contributed by atoms with van der Waals surface area (Å²) in [5.74, 6) is 1.02. The number of ether oxygens (including phenoxy) is 1. The van der Waals surface area contributed by atoms with E-state index in [1.54, 1.807) is 7.05 Å². The monoisotopic (exact) mass is 361 g/mol. The van der Waals surface area contributed by atoms with E-state index in [1.807, 2.05) is 30.0 Å². The molecule has 2 fully saturated rings. The Hall–Kier alpha value is -2.26. The van der Waals surface area contributed by atoms with Crippen molar-refractivity contribution in [2.24, 2.45) is 12.0 Å². The Morgan fingerprint density at radius 1 is 1.19 bits per heavy atom. The number of rotatable bonds is 3. The van der Waals surface area contributed by atoms with Crippen LogP contribution in [0, 0.1) is 13.8 Å². The largest absolute Gasteiger partial charge is 0.401 e. The quantitative estimate of drug-likeness (QED) is 0.696. The van der Waals surface area contributed by atoms with E-state index in [0.717, 1.165) is 24.5 Å². The van der Waals surface area contributed by atoms with Crippen LogP contribution in [0.1, 0.15) is 17.4 Å². The predicted octanol–water partition coefficient (Wildman–Crippen LogP) is -0.260. The molecule has 3 amide bonds. The van der Waals surface area contributed by atoms with Crippen molar-refractivity contribution in [3.05, 3.63) is 11.4 Å². The number of aromatic nitrogens is 2. The van der Waals surface area contributed by atoms with E-state index in [0.29, 0.717) is 38.1 Å². The van der Waals surface area contributed by atoms with Crippen LogP contribution in [0.4, 0.5) is 10.7 Å². The van der Waals surface area contributed by atoms with Gasteiger partial charge in [-0.05, 0) is 13.8 Å². The van der Waals surface area contributed by atoms with Gasteiger partial charge in [0.1, 0.15) is 11.4 Å². The molecular formula is C17H25N6O3+. The number of carbonyl (C=O) groups is 2. The minimum Gasteiger partial charge on any atom is -0.379 e. The third kappa shape index (κ3) is 2.38. The van der Waals surface area contributed by atoms with Crippen molar-refractivity contribution in [1.29, 1.82) is 0 Å². The highest BCUT2D eigenvalue weighted by Gasteiger charge is 2.53. The maximum absolute atomic E-state index is 13.2. The molecule has 9 nitrogen and oxygen atoms in total. The number of hydrogen-bond acceptors (Lipinski definition) is 5. The van der Waals surface area contributed by atoms with Gasteiger partial charge < -0.3 is 4.74 Å². The average Bonchev–Trinajstić information content (AvgIpc) is 3.14. The highest BCUT2D eigenvalue weighted by atomic mass is 16.5. The van der Waals surface area contributed by atoms with E-state index in [4.69, 9.17) is 4.74 Å². The third-order valence-electron chi connectivity index (χ3n) is 5.73. The van der Waals surface area contributed by atoms with Crippen LogP contribution in [-0.4, -0.2) is 83.5 Å². The van der Waals surface area contributed by atoms with Crippen LogP contribution in [0.5, 0.6) is 0 Å². The maximum Gasteiger partial charge on any atom is 0.401 e. The second-order valence-corrected chi connectivity index (χ2v) is 7.06. The fourth-order valence-electron chi connectivity index (χ4n) is 3.87. The minimum atomic E-state index is -0.558. The van der Waals surface area contributed by atoms with E-state index < -0.39 is 6.04 Å². The summed E-state index contributed by atoms with van der Waals surface area (Å²) in [6.45, 7) is 8.10. The van der Waals surface area contributed by atoms with Crippen molar-refractivity contribution in [2.75, 3.05) is 46.4 Å². The number of imide groups is 1. The number of urea groups is 1. The SMILES string of the molecule is Cc1c(C)[n+](C)c2n1C1C(=O)N(CCN3CCOCC3)C(=O)N(C)C1=N2. The molecule has 0 N–H and O–H groups in total. The molecule has 26 heavy (non-hydrogen) atoms. The lowest BCUT2D eigenvalue weighted by Gasteiger charge is -2.35. The van der Waals surface area contributed by atoms with Crippen LogP contribution in [0.3, 0.4) is 0 Å². The molecule has 1 aromatic rings. The molecule has 1 atom stereocenters. The van der Waals surface area contributed by atoms with Crippen molar-refractivity contribution in [1.82, 2.24) is 19.3 Å². The Morgan fingerprint density at radius 2 is 1.88 bits per heavy atom. The zero-order valence-corrected chi connectivity index (χ0v) is 15.7. The first-order valence-electron chi connectivity index (χ1n) is 8.97. The number of aliphatic imine (C=N–C) groups is 1.